The number of nitrogens with zero attached hydrogens (tertiary/aromatic N) is 1. The lowest BCUT2D eigenvalue weighted by atomic mass is 9.70. The van der Waals surface area contributed by atoms with E-state index in [-0.39, 0.29) is 0 Å². The third-order valence-electron chi connectivity index (χ3n) is 6.87. The minimum atomic E-state index is 0.803. The van der Waals surface area contributed by atoms with Crippen molar-refractivity contribution in [1.82, 2.24) is 0 Å². The molecule has 2 aliphatic rings. The Morgan fingerprint density at radius 1 is 0.923 bits per heavy atom. The monoisotopic (exact) mass is 353 g/mol. The van der Waals surface area contributed by atoms with Gasteiger partial charge in [-0.15, -0.1) is 0 Å². The average molecular weight is 354 g/mol. The Labute approximate surface area is 162 Å². The van der Waals surface area contributed by atoms with E-state index in [0.717, 1.165) is 30.1 Å². The zero-order valence-electron chi connectivity index (χ0n) is 17.0. The minimum Gasteiger partial charge on any atom is -0.193 e. The van der Waals surface area contributed by atoms with Crippen molar-refractivity contribution >= 4 is 0 Å². The summed E-state index contributed by atoms with van der Waals surface area (Å²) in [5.74, 6) is 3.53. The van der Waals surface area contributed by atoms with Crippen molar-refractivity contribution in [2.24, 2.45) is 23.7 Å². The smallest absolute Gasteiger partial charge is 0.0912 e. The molecule has 0 aromatic carbocycles. The van der Waals surface area contributed by atoms with Crippen LogP contribution < -0.4 is 0 Å². The molecule has 0 aromatic rings. The highest BCUT2D eigenvalue weighted by Crippen LogP contribution is 2.42. The largest absolute Gasteiger partial charge is 0.193 e. The Morgan fingerprint density at radius 2 is 1.50 bits per heavy atom. The van der Waals surface area contributed by atoms with E-state index in [1.54, 1.807) is 5.57 Å². The Balaban J connectivity index is 1.63. The molecule has 0 saturated heterocycles. The molecule has 2 fully saturated rings. The molecule has 0 amide bonds. The molecule has 0 spiro atoms. The molecule has 0 aromatic heterocycles. The maximum atomic E-state index is 8.46. The molecule has 0 aliphatic heterocycles. The van der Waals surface area contributed by atoms with Crippen molar-refractivity contribution in [3.8, 4) is 6.07 Å². The standard InChI is InChI=1S/C25H39N/c1-3-4-10-22-12-16-24(17-13-22)21(2)25-18-14-23(15-19-25)11-8-6-5-7-9-20-26/h5-7,9,22-25H,2-4,8,10-19H2,1H3/b6-5+,9-7+. The molecule has 0 bridgehead atoms. The predicted octanol–water partition coefficient (Wildman–Crippen LogP) is 7.76. The normalized spacial score (nSPS) is 29.8. The van der Waals surface area contributed by atoms with E-state index in [9.17, 15) is 0 Å². The van der Waals surface area contributed by atoms with Gasteiger partial charge in [0.15, 0.2) is 0 Å². The average Bonchev–Trinajstić information content (AvgIpc) is 2.69. The molecule has 2 saturated carbocycles. The van der Waals surface area contributed by atoms with Gasteiger partial charge >= 0.3 is 0 Å². The van der Waals surface area contributed by atoms with E-state index in [1.807, 2.05) is 18.2 Å². The number of allylic oxidation sites excluding steroid dienone is 5. The molecule has 2 rings (SSSR count). The van der Waals surface area contributed by atoms with Crippen LogP contribution >= 0.6 is 0 Å². The predicted molar refractivity (Wildman–Crippen MR) is 113 cm³/mol. The van der Waals surface area contributed by atoms with Crippen LogP contribution in [0.5, 0.6) is 0 Å². The fraction of sp³-hybridized carbons (Fsp3) is 0.720. The second-order valence-corrected chi connectivity index (χ2v) is 8.65. The van der Waals surface area contributed by atoms with Crippen LogP contribution in [0.1, 0.15) is 90.4 Å². The zero-order chi connectivity index (χ0) is 18.6. The summed E-state index contributed by atoms with van der Waals surface area (Å²) >= 11 is 0. The van der Waals surface area contributed by atoms with Crippen LogP contribution in [0, 0.1) is 35.0 Å². The number of nitriles is 1. The fourth-order valence-electron chi connectivity index (χ4n) is 5.08. The topological polar surface area (TPSA) is 23.8 Å². The van der Waals surface area contributed by atoms with Gasteiger partial charge in [0.1, 0.15) is 0 Å². The van der Waals surface area contributed by atoms with Gasteiger partial charge in [0, 0.05) is 6.08 Å². The third kappa shape index (κ3) is 7.14. The van der Waals surface area contributed by atoms with Crippen LogP contribution in [0.4, 0.5) is 0 Å². The molecule has 0 unspecified atom stereocenters. The van der Waals surface area contributed by atoms with Gasteiger partial charge in [-0.05, 0) is 87.9 Å². The molecule has 1 nitrogen and oxygen atoms in total. The van der Waals surface area contributed by atoms with Gasteiger partial charge < -0.3 is 0 Å². The van der Waals surface area contributed by atoms with Gasteiger partial charge in [-0.1, -0.05) is 56.6 Å². The van der Waals surface area contributed by atoms with E-state index in [4.69, 9.17) is 5.26 Å². The summed E-state index contributed by atoms with van der Waals surface area (Å²) in [6.07, 6.45) is 25.5. The molecule has 1 heteroatoms. The summed E-state index contributed by atoms with van der Waals surface area (Å²) in [6, 6.07) is 2.02. The summed E-state index contributed by atoms with van der Waals surface area (Å²) in [6.45, 7) is 6.88. The number of rotatable bonds is 9. The first kappa shape index (κ1) is 21.0. The van der Waals surface area contributed by atoms with Gasteiger partial charge in [0.05, 0.1) is 6.07 Å². The quantitative estimate of drug-likeness (QED) is 0.236. The van der Waals surface area contributed by atoms with Gasteiger partial charge in [-0.3, -0.25) is 0 Å². The minimum absolute atomic E-state index is 0.803. The van der Waals surface area contributed by atoms with E-state index in [1.165, 1.54) is 83.1 Å². The van der Waals surface area contributed by atoms with E-state index in [2.05, 4.69) is 19.6 Å². The molecule has 144 valence electrons. The van der Waals surface area contributed by atoms with Crippen molar-refractivity contribution in [3.63, 3.8) is 0 Å². The molecular weight excluding hydrogens is 314 g/mol. The van der Waals surface area contributed by atoms with Gasteiger partial charge in [-0.25, -0.2) is 0 Å². The zero-order valence-corrected chi connectivity index (χ0v) is 17.0. The lowest BCUT2D eigenvalue weighted by Gasteiger charge is -2.36. The Kier molecular flexibility index (Phi) is 9.83. The van der Waals surface area contributed by atoms with Crippen LogP contribution in [0.2, 0.25) is 0 Å². The fourth-order valence-corrected chi connectivity index (χ4v) is 5.08. The van der Waals surface area contributed by atoms with Crippen molar-refractivity contribution in [2.75, 3.05) is 0 Å². The Morgan fingerprint density at radius 3 is 2.04 bits per heavy atom. The van der Waals surface area contributed by atoms with Crippen molar-refractivity contribution in [3.05, 3.63) is 36.5 Å². The highest BCUT2D eigenvalue weighted by molar-refractivity contribution is 5.11. The number of unbranched alkanes of at least 4 members (excludes halogenated alkanes) is 1. The van der Waals surface area contributed by atoms with Crippen molar-refractivity contribution in [2.45, 2.75) is 90.4 Å². The van der Waals surface area contributed by atoms with E-state index in [0.29, 0.717) is 0 Å². The summed E-state index contributed by atoms with van der Waals surface area (Å²) in [5, 5.41) is 8.46. The lowest BCUT2D eigenvalue weighted by molar-refractivity contribution is 0.240. The van der Waals surface area contributed by atoms with Crippen LogP contribution in [-0.4, -0.2) is 0 Å². The summed E-state index contributed by atoms with van der Waals surface area (Å²) in [4.78, 5) is 0. The second kappa shape index (κ2) is 12.2. The van der Waals surface area contributed by atoms with Crippen molar-refractivity contribution < 1.29 is 0 Å². The molecule has 0 N–H and O–H groups in total. The number of hydrogen-bond acceptors (Lipinski definition) is 1. The second-order valence-electron chi connectivity index (χ2n) is 8.65. The molecule has 0 radical (unpaired) electrons. The summed E-state index contributed by atoms with van der Waals surface area (Å²) < 4.78 is 0. The van der Waals surface area contributed by atoms with Gasteiger partial charge in [0.2, 0.25) is 0 Å². The number of hydrogen-bond donors (Lipinski definition) is 0. The van der Waals surface area contributed by atoms with Crippen LogP contribution in [-0.2, 0) is 0 Å². The Hall–Kier alpha value is -1.29. The van der Waals surface area contributed by atoms with Crippen LogP contribution in [0.15, 0.2) is 36.5 Å². The third-order valence-corrected chi connectivity index (χ3v) is 6.87. The maximum Gasteiger partial charge on any atom is 0.0912 e. The molecule has 0 atom stereocenters. The first-order valence-corrected chi connectivity index (χ1v) is 11.1. The lowest BCUT2D eigenvalue weighted by Crippen LogP contribution is -2.23. The first-order chi connectivity index (χ1) is 12.7. The highest BCUT2D eigenvalue weighted by atomic mass is 14.3. The maximum absolute atomic E-state index is 8.46. The SMILES string of the molecule is C=C(C1CCC(CC/C=C/C=C/C#N)CC1)C1CCC(CCCC)CC1. The van der Waals surface area contributed by atoms with Crippen molar-refractivity contribution in [1.29, 1.82) is 5.26 Å². The van der Waals surface area contributed by atoms with Crippen LogP contribution in [0.3, 0.4) is 0 Å². The molecule has 2 aliphatic carbocycles. The van der Waals surface area contributed by atoms with E-state index >= 15 is 0 Å². The molecular formula is C25H39N. The first-order valence-electron chi connectivity index (χ1n) is 11.1. The Bertz CT molecular complexity index is 491. The molecule has 26 heavy (non-hydrogen) atoms. The highest BCUT2D eigenvalue weighted by Gasteiger charge is 2.29. The van der Waals surface area contributed by atoms with Gasteiger partial charge in [0.25, 0.3) is 0 Å². The van der Waals surface area contributed by atoms with E-state index < -0.39 is 0 Å². The van der Waals surface area contributed by atoms with Gasteiger partial charge in [-0.2, -0.15) is 5.26 Å². The van der Waals surface area contributed by atoms with Crippen LogP contribution in [0.25, 0.3) is 0 Å². The molecule has 0 heterocycles. The summed E-state index contributed by atoms with van der Waals surface area (Å²) in [5.41, 5.74) is 1.61. The summed E-state index contributed by atoms with van der Waals surface area (Å²) in [7, 11) is 0.